The summed E-state index contributed by atoms with van der Waals surface area (Å²) in [6.45, 7) is 5.10. The number of ether oxygens (including phenoxy) is 1. The number of rotatable bonds is 8. The molecular formula is C29H32Cl2N2O5S. The van der Waals surface area contributed by atoms with E-state index in [1.54, 1.807) is 49.9 Å². The Labute approximate surface area is 239 Å². The zero-order chi connectivity index (χ0) is 27.9. The fourth-order valence-electron chi connectivity index (χ4n) is 5.13. The number of amides is 1. The fraction of sp³-hybridized carbons (Fsp3) is 0.448. The summed E-state index contributed by atoms with van der Waals surface area (Å²) in [5, 5.41) is 4.87. The highest BCUT2D eigenvalue weighted by atomic mass is 35.5. The first kappa shape index (κ1) is 28.1. The lowest BCUT2D eigenvalue weighted by atomic mass is 9.89. The van der Waals surface area contributed by atoms with Gasteiger partial charge in [-0.05, 0) is 74.9 Å². The Bertz CT molecular complexity index is 1420. The highest BCUT2D eigenvalue weighted by Gasteiger charge is 2.52. The molecule has 2 aliphatic rings. The number of hydrogen-bond donors (Lipinski definition) is 0. The lowest BCUT2D eigenvalue weighted by molar-refractivity contribution is -0.179. The van der Waals surface area contributed by atoms with Gasteiger partial charge in [-0.2, -0.15) is 0 Å². The monoisotopic (exact) mass is 590 g/mol. The van der Waals surface area contributed by atoms with Crippen LogP contribution in [0.3, 0.4) is 0 Å². The minimum Gasteiger partial charge on any atom is -0.361 e. The number of benzene rings is 2. The second kappa shape index (κ2) is 10.9. The van der Waals surface area contributed by atoms with Gasteiger partial charge in [0.2, 0.25) is 0 Å². The molecule has 0 unspecified atom stereocenters. The SMILES string of the molecule is CC(C)(C)S(=O)(=O)C[C@H](C1CC1)N1C(=O)[C@H](Cc2ccno2)O[C@H](c2cccc(Cl)c2)[C@H]1c1ccc(Cl)cc1. The second-order valence-electron chi connectivity index (χ2n) is 11.3. The van der Waals surface area contributed by atoms with E-state index in [9.17, 15) is 13.2 Å². The van der Waals surface area contributed by atoms with E-state index < -0.39 is 38.9 Å². The number of carbonyl (C=O) groups excluding carboxylic acids is 1. The average molecular weight is 592 g/mol. The van der Waals surface area contributed by atoms with E-state index in [0.29, 0.717) is 15.8 Å². The highest BCUT2D eigenvalue weighted by molar-refractivity contribution is 7.92. The molecule has 4 atom stereocenters. The van der Waals surface area contributed by atoms with Crippen LogP contribution in [0, 0.1) is 5.92 Å². The smallest absolute Gasteiger partial charge is 0.253 e. The van der Waals surface area contributed by atoms with Crippen LogP contribution in [0.25, 0.3) is 0 Å². The molecule has 0 bridgehead atoms. The average Bonchev–Trinajstić information content (AvgIpc) is 3.59. The Morgan fingerprint density at radius 2 is 1.74 bits per heavy atom. The van der Waals surface area contributed by atoms with E-state index in [-0.39, 0.29) is 24.0 Å². The van der Waals surface area contributed by atoms with Crippen molar-refractivity contribution in [2.45, 2.75) is 69.1 Å². The number of carbonyl (C=O) groups is 1. The van der Waals surface area contributed by atoms with E-state index in [0.717, 1.165) is 24.0 Å². The minimum atomic E-state index is -3.55. The molecule has 208 valence electrons. The van der Waals surface area contributed by atoms with Crippen molar-refractivity contribution in [2.24, 2.45) is 5.92 Å². The quantitative estimate of drug-likeness (QED) is 0.309. The maximum Gasteiger partial charge on any atom is 0.253 e. The third-order valence-electron chi connectivity index (χ3n) is 7.54. The van der Waals surface area contributed by atoms with Crippen molar-refractivity contribution in [3.8, 4) is 0 Å². The van der Waals surface area contributed by atoms with E-state index >= 15 is 0 Å². The topological polar surface area (TPSA) is 89.7 Å². The van der Waals surface area contributed by atoms with Crippen molar-refractivity contribution in [3.63, 3.8) is 0 Å². The van der Waals surface area contributed by atoms with Gasteiger partial charge in [-0.25, -0.2) is 8.42 Å². The molecular weight excluding hydrogens is 559 g/mol. The number of morpholine rings is 1. The molecule has 3 aromatic rings. The molecule has 10 heteroatoms. The Kier molecular flexibility index (Phi) is 7.85. The molecule has 1 saturated carbocycles. The summed E-state index contributed by atoms with van der Waals surface area (Å²) < 4.78 is 38.0. The first-order valence-corrected chi connectivity index (χ1v) is 15.5. The lowest BCUT2D eigenvalue weighted by Crippen LogP contribution is -2.58. The van der Waals surface area contributed by atoms with E-state index in [1.807, 2.05) is 30.3 Å². The van der Waals surface area contributed by atoms with Gasteiger partial charge in [0.25, 0.3) is 5.91 Å². The van der Waals surface area contributed by atoms with Gasteiger partial charge < -0.3 is 14.2 Å². The Balaban J connectivity index is 1.66. The zero-order valence-corrected chi connectivity index (χ0v) is 24.4. The molecule has 1 aliphatic carbocycles. The maximum atomic E-state index is 14.3. The van der Waals surface area contributed by atoms with Gasteiger partial charge in [0.05, 0.1) is 22.7 Å². The van der Waals surface area contributed by atoms with Gasteiger partial charge in [0.15, 0.2) is 9.84 Å². The Morgan fingerprint density at radius 3 is 2.33 bits per heavy atom. The van der Waals surface area contributed by atoms with Crippen LogP contribution in [0.2, 0.25) is 10.0 Å². The largest absolute Gasteiger partial charge is 0.361 e. The lowest BCUT2D eigenvalue weighted by Gasteiger charge is -2.48. The summed E-state index contributed by atoms with van der Waals surface area (Å²) in [5.74, 6) is 0.179. The van der Waals surface area contributed by atoms with Crippen LogP contribution in [0.4, 0.5) is 0 Å². The van der Waals surface area contributed by atoms with Crippen molar-refractivity contribution in [1.29, 1.82) is 0 Å². The Hall–Kier alpha value is -2.39. The maximum absolute atomic E-state index is 14.3. The van der Waals surface area contributed by atoms with E-state index in [4.69, 9.17) is 32.5 Å². The van der Waals surface area contributed by atoms with Crippen molar-refractivity contribution < 1.29 is 22.5 Å². The third-order valence-corrected chi connectivity index (χ3v) is 10.7. The molecule has 7 nitrogen and oxygen atoms in total. The fourth-order valence-corrected chi connectivity index (χ4v) is 6.84. The van der Waals surface area contributed by atoms with Crippen LogP contribution in [-0.4, -0.2) is 47.0 Å². The molecule has 1 amide bonds. The second-order valence-corrected chi connectivity index (χ2v) is 15.0. The standard InChI is InChI=1S/C29H32Cl2N2O5S/c1-29(2,3)39(35,36)17-24(18-7-8-18)33-26(19-9-11-21(30)12-10-19)27(20-5-4-6-22(31)15-20)37-25(28(33)34)16-23-13-14-32-38-23/h4-6,9-15,18,24-27H,7-8,16-17H2,1-3H3/t24-,25+,26-,27-/m1/s1. The number of hydrogen-bond acceptors (Lipinski definition) is 6. The molecule has 2 aromatic carbocycles. The number of aromatic nitrogens is 1. The molecule has 0 radical (unpaired) electrons. The molecule has 2 fully saturated rings. The molecule has 1 aromatic heterocycles. The first-order valence-electron chi connectivity index (χ1n) is 13.0. The van der Waals surface area contributed by atoms with Crippen molar-refractivity contribution in [2.75, 3.05) is 5.75 Å². The van der Waals surface area contributed by atoms with Gasteiger partial charge in [-0.3, -0.25) is 4.79 Å². The van der Waals surface area contributed by atoms with Crippen LogP contribution in [0.1, 0.15) is 62.6 Å². The number of halogens is 2. The zero-order valence-electron chi connectivity index (χ0n) is 22.1. The van der Waals surface area contributed by atoms with Crippen molar-refractivity contribution in [3.05, 3.63) is 87.7 Å². The van der Waals surface area contributed by atoms with Crippen LogP contribution in [0.15, 0.2) is 65.3 Å². The molecule has 0 N–H and O–H groups in total. The highest BCUT2D eigenvalue weighted by Crippen LogP contribution is 2.48. The van der Waals surface area contributed by atoms with Crippen LogP contribution in [-0.2, 0) is 25.8 Å². The normalized spacial score (nSPS) is 23.2. The molecule has 1 saturated heterocycles. The Morgan fingerprint density at radius 1 is 1.03 bits per heavy atom. The van der Waals surface area contributed by atoms with Crippen molar-refractivity contribution >= 4 is 38.9 Å². The molecule has 0 spiro atoms. The molecule has 1 aliphatic heterocycles. The summed E-state index contributed by atoms with van der Waals surface area (Å²) in [6.07, 6.45) is 1.89. The van der Waals surface area contributed by atoms with Gasteiger partial charge in [-0.1, -0.05) is 52.6 Å². The van der Waals surface area contributed by atoms with E-state index in [2.05, 4.69) is 5.16 Å². The summed E-state index contributed by atoms with van der Waals surface area (Å²) in [4.78, 5) is 16.1. The third kappa shape index (κ3) is 6.04. The van der Waals surface area contributed by atoms with Gasteiger partial charge in [-0.15, -0.1) is 0 Å². The first-order chi connectivity index (χ1) is 18.4. The van der Waals surface area contributed by atoms with Crippen LogP contribution in [0.5, 0.6) is 0 Å². The molecule has 2 heterocycles. The van der Waals surface area contributed by atoms with Crippen molar-refractivity contribution in [1.82, 2.24) is 10.1 Å². The summed E-state index contributed by atoms with van der Waals surface area (Å²) >= 11 is 12.6. The van der Waals surface area contributed by atoms with Gasteiger partial charge in [0, 0.05) is 28.6 Å². The van der Waals surface area contributed by atoms with E-state index in [1.165, 1.54) is 6.20 Å². The molecule has 39 heavy (non-hydrogen) atoms. The number of sulfone groups is 1. The summed E-state index contributed by atoms with van der Waals surface area (Å²) in [5.41, 5.74) is 1.59. The summed E-state index contributed by atoms with van der Waals surface area (Å²) in [6, 6.07) is 15.2. The van der Waals surface area contributed by atoms with Gasteiger partial charge >= 0.3 is 0 Å². The molecule has 5 rings (SSSR count). The van der Waals surface area contributed by atoms with Crippen LogP contribution >= 0.6 is 23.2 Å². The predicted octanol–water partition coefficient (Wildman–Crippen LogP) is 6.23. The predicted molar refractivity (Wildman–Crippen MR) is 150 cm³/mol. The summed E-state index contributed by atoms with van der Waals surface area (Å²) in [7, 11) is -3.55. The minimum absolute atomic E-state index is 0.0740. The van der Waals surface area contributed by atoms with Gasteiger partial charge in [0.1, 0.15) is 18.0 Å². The number of nitrogens with zero attached hydrogens (tertiary/aromatic N) is 2. The van der Waals surface area contributed by atoms with Crippen LogP contribution < -0.4 is 0 Å².